The molecule has 0 radical (unpaired) electrons. The number of thioether (sulfide) groups is 1. The van der Waals surface area contributed by atoms with Crippen LogP contribution in [0.5, 0.6) is 0 Å². The Hall–Kier alpha value is -3.00. The van der Waals surface area contributed by atoms with Crippen molar-refractivity contribution in [1.82, 2.24) is 24.9 Å². The van der Waals surface area contributed by atoms with Gasteiger partial charge in [0, 0.05) is 12.1 Å². The van der Waals surface area contributed by atoms with E-state index in [9.17, 15) is 4.39 Å². The van der Waals surface area contributed by atoms with Gasteiger partial charge in [0.1, 0.15) is 5.82 Å². The summed E-state index contributed by atoms with van der Waals surface area (Å²) >= 11 is 1.45. The molecule has 6 nitrogen and oxygen atoms in total. The van der Waals surface area contributed by atoms with Crippen LogP contribution in [0.3, 0.4) is 0 Å². The predicted octanol–water partition coefficient (Wildman–Crippen LogP) is 5.57. The van der Waals surface area contributed by atoms with E-state index < -0.39 is 0 Å². The fourth-order valence-corrected chi connectivity index (χ4v) is 3.95. The van der Waals surface area contributed by atoms with Crippen molar-refractivity contribution in [2.75, 3.05) is 0 Å². The molecule has 8 heteroatoms. The van der Waals surface area contributed by atoms with Crippen LogP contribution in [-0.2, 0) is 6.42 Å². The number of halogens is 1. The van der Waals surface area contributed by atoms with E-state index in [-0.39, 0.29) is 11.1 Å². The van der Waals surface area contributed by atoms with E-state index in [1.807, 2.05) is 42.7 Å². The van der Waals surface area contributed by atoms with Crippen LogP contribution >= 0.6 is 11.8 Å². The topological polar surface area (TPSA) is 69.6 Å². The van der Waals surface area contributed by atoms with E-state index in [1.165, 1.54) is 17.8 Å². The van der Waals surface area contributed by atoms with Crippen molar-refractivity contribution in [2.24, 2.45) is 0 Å². The van der Waals surface area contributed by atoms with Crippen molar-refractivity contribution < 1.29 is 8.91 Å². The monoisotopic (exact) mass is 423 g/mol. The first-order valence-electron chi connectivity index (χ1n) is 9.83. The van der Waals surface area contributed by atoms with Gasteiger partial charge in [-0.05, 0) is 44.5 Å². The van der Waals surface area contributed by atoms with Gasteiger partial charge < -0.3 is 4.52 Å². The van der Waals surface area contributed by atoms with Gasteiger partial charge >= 0.3 is 0 Å². The number of nitrogens with zero attached hydrogens (tertiary/aromatic N) is 5. The maximum atomic E-state index is 14.5. The Bertz CT molecular complexity index is 1140. The molecule has 2 heterocycles. The minimum Gasteiger partial charge on any atom is -0.338 e. The normalized spacial score (nSPS) is 12.3. The number of hydrogen-bond donors (Lipinski definition) is 0. The predicted molar refractivity (Wildman–Crippen MR) is 114 cm³/mol. The lowest BCUT2D eigenvalue weighted by molar-refractivity contribution is 0.374. The zero-order chi connectivity index (χ0) is 21.1. The van der Waals surface area contributed by atoms with Crippen molar-refractivity contribution in [1.29, 1.82) is 0 Å². The van der Waals surface area contributed by atoms with Gasteiger partial charge in [-0.2, -0.15) is 4.98 Å². The van der Waals surface area contributed by atoms with Crippen LogP contribution in [0.4, 0.5) is 4.39 Å². The summed E-state index contributed by atoms with van der Waals surface area (Å²) in [4.78, 5) is 4.47. The molecule has 0 fully saturated rings. The lowest BCUT2D eigenvalue weighted by Crippen LogP contribution is -2.02. The Morgan fingerprint density at radius 3 is 2.60 bits per heavy atom. The highest BCUT2D eigenvalue weighted by atomic mass is 32.2. The van der Waals surface area contributed by atoms with Gasteiger partial charge in [-0.3, -0.25) is 4.57 Å². The molecule has 2 aromatic carbocycles. The average molecular weight is 424 g/mol. The molecule has 0 spiro atoms. The first-order valence-corrected chi connectivity index (χ1v) is 10.7. The number of rotatable bonds is 7. The maximum Gasteiger partial charge on any atom is 0.239 e. The summed E-state index contributed by atoms with van der Waals surface area (Å²) in [6, 6.07) is 14.5. The quantitative estimate of drug-likeness (QED) is 0.362. The Morgan fingerprint density at radius 2 is 1.87 bits per heavy atom. The van der Waals surface area contributed by atoms with Crippen LogP contribution in [0.15, 0.2) is 58.2 Å². The Morgan fingerprint density at radius 1 is 1.10 bits per heavy atom. The fraction of sp³-hybridized carbons (Fsp3) is 0.273. The van der Waals surface area contributed by atoms with Crippen molar-refractivity contribution in [3.63, 3.8) is 0 Å². The highest BCUT2D eigenvalue weighted by Crippen LogP contribution is 2.36. The van der Waals surface area contributed by atoms with Gasteiger partial charge in [0.05, 0.1) is 10.8 Å². The summed E-state index contributed by atoms with van der Waals surface area (Å²) < 4.78 is 21.8. The molecule has 0 aliphatic heterocycles. The summed E-state index contributed by atoms with van der Waals surface area (Å²) in [5.74, 6) is 1.34. The molecule has 0 aliphatic rings. The minimum atomic E-state index is -0.344. The van der Waals surface area contributed by atoms with Crippen molar-refractivity contribution in [2.45, 2.75) is 44.0 Å². The molecule has 30 heavy (non-hydrogen) atoms. The molecule has 0 aliphatic carbocycles. The van der Waals surface area contributed by atoms with E-state index in [0.29, 0.717) is 28.3 Å². The minimum absolute atomic E-state index is 0.134. The summed E-state index contributed by atoms with van der Waals surface area (Å²) in [7, 11) is 0. The molecule has 2 aromatic heterocycles. The van der Waals surface area contributed by atoms with Crippen LogP contribution in [-0.4, -0.2) is 24.9 Å². The third-order valence-electron chi connectivity index (χ3n) is 4.63. The van der Waals surface area contributed by atoms with Crippen molar-refractivity contribution in [3.05, 3.63) is 71.6 Å². The highest BCUT2D eigenvalue weighted by molar-refractivity contribution is 7.99. The smallest absolute Gasteiger partial charge is 0.239 e. The second-order valence-corrected chi connectivity index (χ2v) is 8.32. The standard InChI is InChI=1S/C22H22FN5OS/c1-4-7-19-24-21(29-27-19)15(3)30-22-26-25-20(17-8-5-6-9-18(17)23)28(22)16-12-10-14(2)11-13-16/h5-6,8-13,15H,4,7H2,1-3H3. The molecule has 154 valence electrons. The van der Waals surface area contributed by atoms with Gasteiger partial charge in [-0.1, -0.05) is 53.7 Å². The molecule has 1 unspecified atom stereocenters. The molecule has 0 bridgehead atoms. The molecule has 1 atom stereocenters. The average Bonchev–Trinajstić information content (AvgIpc) is 3.37. The maximum absolute atomic E-state index is 14.5. The van der Waals surface area contributed by atoms with Gasteiger partial charge in [0.15, 0.2) is 16.8 Å². The van der Waals surface area contributed by atoms with E-state index in [0.717, 1.165) is 24.1 Å². The molecule has 0 N–H and O–H groups in total. The molecule has 4 rings (SSSR count). The Balaban J connectivity index is 1.74. The molecule has 0 amide bonds. The van der Waals surface area contributed by atoms with Crippen LogP contribution in [0.2, 0.25) is 0 Å². The molecular weight excluding hydrogens is 401 g/mol. The van der Waals surface area contributed by atoms with Gasteiger partial charge in [0.2, 0.25) is 5.89 Å². The molecule has 0 saturated heterocycles. The van der Waals surface area contributed by atoms with Crippen molar-refractivity contribution >= 4 is 11.8 Å². The lowest BCUT2D eigenvalue weighted by Gasteiger charge is -2.12. The number of aryl methyl sites for hydroxylation is 2. The number of benzene rings is 2. The van der Waals surface area contributed by atoms with Gasteiger partial charge in [-0.15, -0.1) is 10.2 Å². The Kier molecular flexibility index (Phi) is 5.94. The summed E-state index contributed by atoms with van der Waals surface area (Å²) in [5.41, 5.74) is 2.39. The van der Waals surface area contributed by atoms with Crippen LogP contribution < -0.4 is 0 Å². The van der Waals surface area contributed by atoms with Crippen molar-refractivity contribution in [3.8, 4) is 17.1 Å². The van der Waals surface area contributed by atoms with Crippen LogP contribution in [0.25, 0.3) is 17.1 Å². The second-order valence-electron chi connectivity index (χ2n) is 7.02. The summed E-state index contributed by atoms with van der Waals surface area (Å²) in [6.07, 6.45) is 1.73. The molecular formula is C22H22FN5OS. The summed E-state index contributed by atoms with van der Waals surface area (Å²) in [5, 5.41) is 13.2. The third kappa shape index (κ3) is 4.14. The van der Waals surface area contributed by atoms with Gasteiger partial charge in [0.25, 0.3) is 0 Å². The van der Waals surface area contributed by atoms with E-state index in [1.54, 1.807) is 18.2 Å². The lowest BCUT2D eigenvalue weighted by atomic mass is 10.2. The highest BCUT2D eigenvalue weighted by Gasteiger charge is 2.23. The van der Waals surface area contributed by atoms with E-state index in [2.05, 4.69) is 27.3 Å². The number of aromatic nitrogens is 5. The second kappa shape index (κ2) is 8.79. The molecule has 0 saturated carbocycles. The van der Waals surface area contributed by atoms with Gasteiger partial charge in [-0.25, -0.2) is 4.39 Å². The first kappa shape index (κ1) is 20.3. The zero-order valence-electron chi connectivity index (χ0n) is 17.0. The third-order valence-corrected chi connectivity index (χ3v) is 5.66. The largest absolute Gasteiger partial charge is 0.338 e. The molecule has 4 aromatic rings. The SMILES string of the molecule is CCCc1noc(C(C)Sc2nnc(-c3ccccc3F)n2-c2ccc(C)cc2)n1. The van der Waals surface area contributed by atoms with Crippen LogP contribution in [0, 0.1) is 12.7 Å². The van der Waals surface area contributed by atoms with E-state index in [4.69, 9.17) is 4.52 Å². The number of hydrogen-bond acceptors (Lipinski definition) is 6. The summed E-state index contributed by atoms with van der Waals surface area (Å²) in [6.45, 7) is 6.07. The Labute approximate surface area is 178 Å². The fourth-order valence-electron chi connectivity index (χ4n) is 3.06. The first-order chi connectivity index (χ1) is 14.6. The zero-order valence-corrected chi connectivity index (χ0v) is 17.9. The van der Waals surface area contributed by atoms with Crippen LogP contribution in [0.1, 0.15) is 42.8 Å². The van der Waals surface area contributed by atoms with E-state index >= 15 is 0 Å².